The van der Waals surface area contributed by atoms with Gasteiger partial charge in [-0.15, -0.1) is 0 Å². The fourth-order valence-corrected chi connectivity index (χ4v) is 1.89. The first kappa shape index (κ1) is 15.4. The highest BCUT2D eigenvalue weighted by molar-refractivity contribution is 7.80. The summed E-state index contributed by atoms with van der Waals surface area (Å²) in [7, 11) is 1.36. The van der Waals surface area contributed by atoms with Gasteiger partial charge in [-0.05, 0) is 26.0 Å². The third kappa shape index (κ3) is 3.04. The van der Waals surface area contributed by atoms with Crippen LogP contribution in [0, 0.1) is 0 Å². The van der Waals surface area contributed by atoms with Crippen molar-refractivity contribution in [3.8, 4) is 0 Å². The molecule has 4 nitrogen and oxygen atoms in total. The average molecular weight is 280 g/mol. The molecule has 0 aliphatic carbocycles. The Kier molecular flexibility index (Phi) is 4.89. The highest BCUT2D eigenvalue weighted by Crippen LogP contribution is 2.34. The number of methoxy groups -OCH3 is 1. The number of fused-ring (bicyclic) bond motifs is 1. The van der Waals surface area contributed by atoms with Crippen molar-refractivity contribution in [3.63, 3.8) is 0 Å². The van der Waals surface area contributed by atoms with Crippen LogP contribution in [0.2, 0.25) is 0 Å². The van der Waals surface area contributed by atoms with Crippen molar-refractivity contribution < 1.29 is 9.53 Å². The Labute approximate surface area is 119 Å². The molecule has 19 heavy (non-hydrogen) atoms. The van der Waals surface area contributed by atoms with Gasteiger partial charge in [0.2, 0.25) is 0 Å². The quantitative estimate of drug-likeness (QED) is 0.609. The molecule has 0 bridgehead atoms. The van der Waals surface area contributed by atoms with Gasteiger partial charge in [-0.2, -0.15) is 0 Å². The molecule has 0 saturated carbocycles. The minimum atomic E-state index is -0.376. The molecule has 104 valence electrons. The number of thiocarbonyl (C=S) groups is 1. The molecular weight excluding hydrogens is 260 g/mol. The lowest BCUT2D eigenvalue weighted by Crippen LogP contribution is -2.46. The van der Waals surface area contributed by atoms with E-state index in [2.05, 4.69) is 10.6 Å². The predicted molar refractivity (Wildman–Crippen MR) is 83.1 cm³/mol. The maximum Gasteiger partial charge on any atom is 0.340 e. The number of hydrogen-bond donors (Lipinski definition) is 2. The lowest BCUT2D eigenvalue weighted by molar-refractivity contribution is 0.0602. The molecule has 0 amide bonds. The number of para-hydroxylation sites is 1. The monoisotopic (exact) mass is 280 g/mol. The molecule has 0 atom stereocenters. The Bertz CT molecular complexity index is 498. The number of nitrogens with one attached hydrogen (secondary N) is 2. The Balaban J connectivity index is 0.000000861. The van der Waals surface area contributed by atoms with Crippen LogP contribution in [0.3, 0.4) is 0 Å². The van der Waals surface area contributed by atoms with Gasteiger partial charge in [-0.3, -0.25) is 0 Å². The van der Waals surface area contributed by atoms with Crippen LogP contribution in [0.15, 0.2) is 18.2 Å². The summed E-state index contributed by atoms with van der Waals surface area (Å²) in [5, 5.41) is 6.40. The van der Waals surface area contributed by atoms with E-state index in [4.69, 9.17) is 17.0 Å². The number of carbonyl (C=O) groups is 1. The largest absolute Gasteiger partial charge is 0.465 e. The number of esters is 1. The van der Waals surface area contributed by atoms with Gasteiger partial charge in [-0.1, -0.05) is 32.1 Å². The molecule has 5 heteroatoms. The first-order valence-electron chi connectivity index (χ1n) is 6.26. The van der Waals surface area contributed by atoms with Crippen molar-refractivity contribution >= 4 is 34.6 Å². The van der Waals surface area contributed by atoms with E-state index in [0.717, 1.165) is 5.69 Å². The molecule has 2 rings (SSSR count). The van der Waals surface area contributed by atoms with Gasteiger partial charge < -0.3 is 15.4 Å². The SMILES string of the molecule is CC.COC(=O)c1cccc2c1NC(=S)C(C)(C)N2. The van der Waals surface area contributed by atoms with E-state index >= 15 is 0 Å². The standard InChI is InChI=1S/C12H14N2O2S.C2H6/c1-12(2)11(17)13-9-7(10(15)16-3)5-4-6-8(9)14-12;1-2/h4-6,14H,1-3H3,(H,13,17);1-2H3. The second kappa shape index (κ2) is 6.02. The molecule has 2 N–H and O–H groups in total. The van der Waals surface area contributed by atoms with Crippen molar-refractivity contribution in [2.75, 3.05) is 17.7 Å². The first-order valence-corrected chi connectivity index (χ1v) is 6.67. The number of carbonyl (C=O) groups excluding carboxylic acids is 1. The Hall–Kier alpha value is -1.62. The summed E-state index contributed by atoms with van der Waals surface area (Å²) in [6.45, 7) is 7.96. The molecule has 0 unspecified atom stereocenters. The highest BCUT2D eigenvalue weighted by atomic mass is 32.1. The maximum atomic E-state index is 11.6. The van der Waals surface area contributed by atoms with Crippen LogP contribution >= 0.6 is 12.2 Å². The Morgan fingerprint density at radius 2 is 1.95 bits per heavy atom. The second-order valence-corrected chi connectivity index (χ2v) is 4.83. The summed E-state index contributed by atoms with van der Waals surface area (Å²) in [5.41, 5.74) is 1.70. The van der Waals surface area contributed by atoms with Crippen molar-refractivity contribution in [2.45, 2.75) is 33.2 Å². The Morgan fingerprint density at radius 1 is 1.32 bits per heavy atom. The molecule has 1 aliphatic rings. The van der Waals surface area contributed by atoms with Gasteiger partial charge in [0.1, 0.15) is 4.99 Å². The van der Waals surface area contributed by atoms with E-state index in [1.54, 1.807) is 6.07 Å². The van der Waals surface area contributed by atoms with E-state index in [1.165, 1.54) is 7.11 Å². The topological polar surface area (TPSA) is 50.4 Å². The molecule has 1 aromatic carbocycles. The van der Waals surface area contributed by atoms with Crippen LogP contribution in [0.25, 0.3) is 0 Å². The lowest BCUT2D eigenvalue weighted by atomic mass is 9.99. The van der Waals surface area contributed by atoms with Gasteiger partial charge in [-0.25, -0.2) is 4.79 Å². The van der Waals surface area contributed by atoms with Gasteiger partial charge in [0.25, 0.3) is 0 Å². The Morgan fingerprint density at radius 3 is 2.53 bits per heavy atom. The van der Waals surface area contributed by atoms with Crippen molar-refractivity contribution in [1.82, 2.24) is 0 Å². The summed E-state index contributed by atoms with van der Waals surface area (Å²) in [6, 6.07) is 5.42. The normalized spacial score (nSPS) is 15.1. The van der Waals surface area contributed by atoms with E-state index < -0.39 is 0 Å². The number of ether oxygens (including phenoxy) is 1. The summed E-state index contributed by atoms with van der Waals surface area (Å²) in [5.74, 6) is -0.376. The zero-order valence-corrected chi connectivity index (χ0v) is 12.8. The van der Waals surface area contributed by atoms with Crippen LogP contribution in [-0.2, 0) is 4.74 Å². The van der Waals surface area contributed by atoms with Crippen LogP contribution in [-0.4, -0.2) is 23.6 Å². The highest BCUT2D eigenvalue weighted by Gasteiger charge is 2.31. The van der Waals surface area contributed by atoms with Crippen LogP contribution < -0.4 is 10.6 Å². The van der Waals surface area contributed by atoms with Crippen LogP contribution in [0.5, 0.6) is 0 Å². The smallest absolute Gasteiger partial charge is 0.340 e. The molecule has 0 aromatic heterocycles. The molecule has 0 spiro atoms. The van der Waals surface area contributed by atoms with Crippen molar-refractivity contribution in [3.05, 3.63) is 23.8 Å². The van der Waals surface area contributed by atoms with Crippen molar-refractivity contribution in [1.29, 1.82) is 0 Å². The predicted octanol–water partition coefficient (Wildman–Crippen LogP) is 3.44. The lowest BCUT2D eigenvalue weighted by Gasteiger charge is -2.35. The molecular formula is C14H20N2O2S. The molecule has 1 heterocycles. The van der Waals surface area contributed by atoms with E-state index in [9.17, 15) is 4.79 Å². The average Bonchev–Trinajstić information content (AvgIpc) is 2.40. The third-order valence-corrected chi connectivity index (χ3v) is 3.34. The maximum absolute atomic E-state index is 11.6. The van der Waals surface area contributed by atoms with E-state index in [1.807, 2.05) is 39.8 Å². The fourth-order valence-electron chi connectivity index (χ4n) is 1.73. The van der Waals surface area contributed by atoms with E-state index in [-0.39, 0.29) is 11.5 Å². The molecule has 0 saturated heterocycles. The zero-order valence-electron chi connectivity index (χ0n) is 12.0. The third-order valence-electron chi connectivity index (χ3n) is 2.72. The number of hydrogen-bond acceptors (Lipinski definition) is 4. The summed E-state index contributed by atoms with van der Waals surface area (Å²) in [6.07, 6.45) is 0. The molecule has 1 aliphatic heterocycles. The van der Waals surface area contributed by atoms with Gasteiger partial charge >= 0.3 is 5.97 Å². The van der Waals surface area contributed by atoms with Crippen LogP contribution in [0.1, 0.15) is 38.1 Å². The number of rotatable bonds is 1. The first-order chi connectivity index (χ1) is 8.95. The fraction of sp³-hybridized carbons (Fsp3) is 0.429. The summed E-state index contributed by atoms with van der Waals surface area (Å²) in [4.78, 5) is 12.3. The minimum Gasteiger partial charge on any atom is -0.465 e. The summed E-state index contributed by atoms with van der Waals surface area (Å²) < 4.78 is 4.74. The van der Waals surface area contributed by atoms with Gasteiger partial charge in [0.15, 0.2) is 0 Å². The number of anilines is 2. The molecule has 1 aromatic rings. The van der Waals surface area contributed by atoms with Gasteiger partial charge in [0, 0.05) is 0 Å². The van der Waals surface area contributed by atoms with Gasteiger partial charge in [0.05, 0.1) is 29.6 Å². The molecule has 0 radical (unpaired) electrons. The van der Waals surface area contributed by atoms with Crippen LogP contribution in [0.4, 0.5) is 11.4 Å². The van der Waals surface area contributed by atoms with E-state index in [0.29, 0.717) is 16.2 Å². The zero-order chi connectivity index (χ0) is 14.6. The second-order valence-electron chi connectivity index (χ2n) is 4.42. The minimum absolute atomic E-state index is 0.322. The summed E-state index contributed by atoms with van der Waals surface area (Å²) >= 11 is 5.27. The van der Waals surface area contributed by atoms with Crippen molar-refractivity contribution in [2.24, 2.45) is 0 Å². The molecule has 0 fully saturated rings. The number of benzene rings is 1.